The molecule has 0 unspecified atom stereocenters. The average Bonchev–Trinajstić information content (AvgIpc) is 2.34. The van der Waals surface area contributed by atoms with Crippen molar-refractivity contribution in [2.24, 2.45) is 10.2 Å². The highest BCUT2D eigenvalue weighted by molar-refractivity contribution is 5.24. The molecule has 1 aromatic rings. The van der Waals surface area contributed by atoms with Crippen LogP contribution in [0, 0.1) is 0 Å². The lowest BCUT2D eigenvalue weighted by molar-refractivity contribution is 1.18. The lowest BCUT2D eigenvalue weighted by atomic mass is 10.6. The van der Waals surface area contributed by atoms with Crippen LogP contribution in [0.4, 0.5) is 5.82 Å². The van der Waals surface area contributed by atoms with Gasteiger partial charge in [0.05, 0.1) is 0 Å². The van der Waals surface area contributed by atoms with Gasteiger partial charge in [-0.2, -0.15) is 5.11 Å². The number of azo groups is 1. The molecule has 1 N–H and O–H groups in total. The fourth-order valence-corrected chi connectivity index (χ4v) is 0.486. The molecule has 1 heterocycles. The minimum Gasteiger partial charge on any atom is -0.345 e. The molecule has 0 fully saturated rings. The van der Waals surface area contributed by atoms with Gasteiger partial charge in [-0.15, -0.1) is 5.11 Å². The molecule has 0 aromatic carbocycles. The van der Waals surface area contributed by atoms with E-state index in [1.165, 1.54) is 6.20 Å². The first-order valence-electron chi connectivity index (χ1n) is 2.58. The summed E-state index contributed by atoms with van der Waals surface area (Å²) in [5.41, 5.74) is 0. The number of nitrogens with one attached hydrogen (secondary N) is 1. The predicted octanol–water partition coefficient (Wildman–Crippen LogP) is 2.24. The molecule has 3 heteroatoms. The second-order valence-corrected chi connectivity index (χ2v) is 1.45. The maximum Gasteiger partial charge on any atom is 0.152 e. The second kappa shape index (κ2) is 2.81. The van der Waals surface area contributed by atoms with E-state index >= 15 is 0 Å². The van der Waals surface area contributed by atoms with E-state index < -0.39 is 0 Å². The first-order valence-corrected chi connectivity index (χ1v) is 2.58. The largest absolute Gasteiger partial charge is 0.345 e. The molecule has 0 amide bonds. The Labute approximate surface area is 53.1 Å². The molecule has 0 aliphatic heterocycles. The number of aromatic nitrogens is 1. The lowest BCUT2D eigenvalue weighted by Gasteiger charge is -1.77. The first-order chi connectivity index (χ1) is 4.43. The lowest BCUT2D eigenvalue weighted by Crippen LogP contribution is -1.54. The maximum atomic E-state index is 3.74. The molecule has 1 aromatic heterocycles. The number of H-pyrrole nitrogens is 1. The Morgan fingerprint density at radius 2 is 2.56 bits per heavy atom. The third-order valence-corrected chi connectivity index (χ3v) is 0.829. The highest BCUT2D eigenvalue weighted by Crippen LogP contribution is 2.05. The number of hydrogen-bond donors (Lipinski definition) is 1. The molecular formula is C6H7N3. The molecular weight excluding hydrogens is 114 g/mol. The van der Waals surface area contributed by atoms with Crippen molar-refractivity contribution < 1.29 is 0 Å². The normalized spacial score (nSPS) is 10.2. The standard InChI is InChI=1S/C6H7N3/c1-2-8-9-6-4-3-5-7-6/h2-5,7H,1H2. The van der Waals surface area contributed by atoms with Crippen LogP contribution in [0.2, 0.25) is 0 Å². The van der Waals surface area contributed by atoms with Gasteiger partial charge in [-0.25, -0.2) is 0 Å². The van der Waals surface area contributed by atoms with Gasteiger partial charge in [0.1, 0.15) is 0 Å². The third-order valence-electron chi connectivity index (χ3n) is 0.829. The van der Waals surface area contributed by atoms with Gasteiger partial charge in [-0.1, -0.05) is 6.58 Å². The molecule has 0 saturated carbocycles. The van der Waals surface area contributed by atoms with E-state index in [0.717, 1.165) is 5.82 Å². The van der Waals surface area contributed by atoms with E-state index in [4.69, 9.17) is 0 Å². The van der Waals surface area contributed by atoms with Crippen molar-refractivity contribution in [3.8, 4) is 0 Å². The van der Waals surface area contributed by atoms with Crippen molar-refractivity contribution in [3.05, 3.63) is 31.1 Å². The number of hydrogen-bond acceptors (Lipinski definition) is 2. The van der Waals surface area contributed by atoms with Crippen LogP contribution in [0.25, 0.3) is 0 Å². The Kier molecular flexibility index (Phi) is 1.80. The molecule has 0 saturated heterocycles. The zero-order chi connectivity index (χ0) is 6.53. The average molecular weight is 121 g/mol. The number of aromatic amines is 1. The fraction of sp³-hybridized carbons (Fsp3) is 0. The molecule has 46 valence electrons. The Morgan fingerprint density at radius 1 is 1.67 bits per heavy atom. The van der Waals surface area contributed by atoms with E-state index in [0.29, 0.717) is 0 Å². The van der Waals surface area contributed by atoms with Crippen LogP contribution in [0.15, 0.2) is 41.3 Å². The Hall–Kier alpha value is -1.38. The highest BCUT2D eigenvalue weighted by atomic mass is 15.1. The topological polar surface area (TPSA) is 40.5 Å². The van der Waals surface area contributed by atoms with Crippen LogP contribution in [0.5, 0.6) is 0 Å². The maximum absolute atomic E-state index is 3.74. The monoisotopic (exact) mass is 121 g/mol. The molecule has 0 aliphatic carbocycles. The summed E-state index contributed by atoms with van der Waals surface area (Å²) in [4.78, 5) is 2.86. The van der Waals surface area contributed by atoms with Crippen molar-refractivity contribution in [2.45, 2.75) is 0 Å². The van der Waals surface area contributed by atoms with Gasteiger partial charge < -0.3 is 4.98 Å². The van der Waals surface area contributed by atoms with Gasteiger partial charge in [0.15, 0.2) is 5.82 Å². The summed E-state index contributed by atoms with van der Waals surface area (Å²) in [6.45, 7) is 3.39. The summed E-state index contributed by atoms with van der Waals surface area (Å²) in [5, 5.41) is 7.31. The predicted molar refractivity (Wildman–Crippen MR) is 35.5 cm³/mol. The summed E-state index contributed by atoms with van der Waals surface area (Å²) in [6.07, 6.45) is 3.18. The van der Waals surface area contributed by atoms with Crippen LogP contribution in [-0.4, -0.2) is 4.98 Å². The van der Waals surface area contributed by atoms with Gasteiger partial charge in [-0.3, -0.25) is 0 Å². The van der Waals surface area contributed by atoms with Gasteiger partial charge in [-0.05, 0) is 12.1 Å². The van der Waals surface area contributed by atoms with Gasteiger partial charge in [0, 0.05) is 12.4 Å². The molecule has 1 rings (SSSR count). The highest BCUT2D eigenvalue weighted by Gasteiger charge is 1.81. The van der Waals surface area contributed by atoms with E-state index in [1.807, 2.05) is 12.1 Å². The molecule has 3 nitrogen and oxygen atoms in total. The molecule has 9 heavy (non-hydrogen) atoms. The SMILES string of the molecule is C=CN=Nc1ccc[nH]1. The Morgan fingerprint density at radius 3 is 3.11 bits per heavy atom. The van der Waals surface area contributed by atoms with Crippen molar-refractivity contribution in [1.82, 2.24) is 4.98 Å². The molecule has 0 spiro atoms. The zero-order valence-corrected chi connectivity index (χ0v) is 4.91. The zero-order valence-electron chi connectivity index (χ0n) is 4.91. The molecule has 0 radical (unpaired) electrons. The first kappa shape index (κ1) is 5.75. The fourth-order valence-electron chi connectivity index (χ4n) is 0.486. The Bertz CT molecular complexity index is 198. The van der Waals surface area contributed by atoms with Crippen molar-refractivity contribution in [3.63, 3.8) is 0 Å². The van der Waals surface area contributed by atoms with Crippen LogP contribution < -0.4 is 0 Å². The number of nitrogens with zero attached hydrogens (tertiary/aromatic N) is 2. The summed E-state index contributed by atoms with van der Waals surface area (Å²) < 4.78 is 0. The van der Waals surface area contributed by atoms with E-state index in [-0.39, 0.29) is 0 Å². The van der Waals surface area contributed by atoms with Gasteiger partial charge in [0.25, 0.3) is 0 Å². The van der Waals surface area contributed by atoms with Gasteiger partial charge in [0.2, 0.25) is 0 Å². The summed E-state index contributed by atoms with van der Waals surface area (Å²) in [7, 11) is 0. The smallest absolute Gasteiger partial charge is 0.152 e. The quantitative estimate of drug-likeness (QED) is 0.583. The molecule has 0 aliphatic rings. The van der Waals surface area contributed by atoms with Crippen LogP contribution in [0.1, 0.15) is 0 Å². The summed E-state index contributed by atoms with van der Waals surface area (Å²) in [5.74, 6) is 0.745. The van der Waals surface area contributed by atoms with E-state index in [2.05, 4.69) is 21.8 Å². The molecule has 0 atom stereocenters. The minimum atomic E-state index is 0.745. The van der Waals surface area contributed by atoms with Gasteiger partial charge >= 0.3 is 0 Å². The van der Waals surface area contributed by atoms with Crippen LogP contribution >= 0.6 is 0 Å². The van der Waals surface area contributed by atoms with Crippen molar-refractivity contribution in [1.29, 1.82) is 0 Å². The summed E-state index contributed by atoms with van der Waals surface area (Å²) in [6, 6.07) is 3.68. The van der Waals surface area contributed by atoms with E-state index in [1.54, 1.807) is 6.20 Å². The molecule has 0 bridgehead atoms. The van der Waals surface area contributed by atoms with Crippen LogP contribution in [-0.2, 0) is 0 Å². The van der Waals surface area contributed by atoms with Crippen molar-refractivity contribution in [2.75, 3.05) is 0 Å². The summed E-state index contributed by atoms with van der Waals surface area (Å²) >= 11 is 0. The third kappa shape index (κ3) is 1.53. The second-order valence-electron chi connectivity index (χ2n) is 1.45. The minimum absolute atomic E-state index is 0.745. The van der Waals surface area contributed by atoms with Crippen LogP contribution in [0.3, 0.4) is 0 Å². The number of rotatable bonds is 2. The van der Waals surface area contributed by atoms with E-state index in [9.17, 15) is 0 Å². The Balaban J connectivity index is 2.67. The van der Waals surface area contributed by atoms with Crippen molar-refractivity contribution >= 4 is 5.82 Å².